The summed E-state index contributed by atoms with van der Waals surface area (Å²) in [5.41, 5.74) is 3.35. The number of amides is 1. The van der Waals surface area contributed by atoms with Crippen LogP contribution in [0.2, 0.25) is 0 Å². The lowest BCUT2D eigenvalue weighted by Crippen LogP contribution is -2.31. The van der Waals surface area contributed by atoms with E-state index < -0.39 is 0 Å². The summed E-state index contributed by atoms with van der Waals surface area (Å²) in [6.45, 7) is 0.335. The molecule has 2 N–H and O–H groups in total. The van der Waals surface area contributed by atoms with Crippen molar-refractivity contribution in [3.8, 4) is 11.1 Å². The molecule has 0 heterocycles. The maximum Gasteiger partial charge on any atom is 0.239 e. The molecule has 1 aliphatic rings. The van der Waals surface area contributed by atoms with Crippen LogP contribution < -0.4 is 10.6 Å². The van der Waals surface area contributed by atoms with Crippen molar-refractivity contribution in [2.75, 3.05) is 11.9 Å². The molecule has 0 spiro atoms. The van der Waals surface area contributed by atoms with Crippen molar-refractivity contribution >= 4 is 11.6 Å². The van der Waals surface area contributed by atoms with E-state index in [4.69, 9.17) is 0 Å². The highest BCUT2D eigenvalue weighted by molar-refractivity contribution is 5.81. The highest BCUT2D eigenvalue weighted by Crippen LogP contribution is 2.21. The van der Waals surface area contributed by atoms with Crippen LogP contribution in [0.1, 0.15) is 12.8 Å². The van der Waals surface area contributed by atoms with E-state index in [0.29, 0.717) is 12.6 Å². The van der Waals surface area contributed by atoms with Crippen molar-refractivity contribution < 1.29 is 4.79 Å². The highest BCUT2D eigenvalue weighted by atomic mass is 16.2. The van der Waals surface area contributed by atoms with Crippen LogP contribution in [0.3, 0.4) is 0 Å². The van der Waals surface area contributed by atoms with Gasteiger partial charge >= 0.3 is 0 Å². The van der Waals surface area contributed by atoms with Crippen molar-refractivity contribution in [3.63, 3.8) is 0 Å². The summed E-state index contributed by atoms with van der Waals surface area (Å²) in [7, 11) is 0. The van der Waals surface area contributed by atoms with Crippen LogP contribution in [0.15, 0.2) is 54.6 Å². The Labute approximate surface area is 119 Å². The molecule has 1 aliphatic carbocycles. The summed E-state index contributed by atoms with van der Waals surface area (Å²) in [5, 5.41) is 6.10. The van der Waals surface area contributed by atoms with E-state index in [2.05, 4.69) is 34.9 Å². The Balaban J connectivity index is 1.57. The zero-order chi connectivity index (χ0) is 13.8. The van der Waals surface area contributed by atoms with Gasteiger partial charge in [0.05, 0.1) is 6.54 Å². The fourth-order valence-corrected chi connectivity index (χ4v) is 2.10. The third-order valence-corrected chi connectivity index (χ3v) is 3.39. The van der Waals surface area contributed by atoms with E-state index in [1.165, 1.54) is 11.1 Å². The van der Waals surface area contributed by atoms with E-state index in [1.54, 1.807) is 0 Å². The van der Waals surface area contributed by atoms with Gasteiger partial charge in [0.25, 0.3) is 0 Å². The summed E-state index contributed by atoms with van der Waals surface area (Å²) in [6.07, 6.45) is 2.25. The Bertz CT molecular complexity index is 574. The average Bonchev–Trinajstić information content (AvgIpc) is 3.31. The highest BCUT2D eigenvalue weighted by Gasteiger charge is 2.22. The van der Waals surface area contributed by atoms with Crippen LogP contribution in [0.25, 0.3) is 11.1 Å². The Hall–Kier alpha value is -2.29. The van der Waals surface area contributed by atoms with Gasteiger partial charge in [-0.3, -0.25) is 4.79 Å². The molecular formula is C17H18N2O. The predicted octanol–water partition coefficient (Wildman–Crippen LogP) is 3.04. The van der Waals surface area contributed by atoms with Gasteiger partial charge in [0.1, 0.15) is 0 Å². The number of hydrogen-bond acceptors (Lipinski definition) is 2. The van der Waals surface area contributed by atoms with Crippen LogP contribution in [0.5, 0.6) is 0 Å². The average molecular weight is 266 g/mol. The minimum absolute atomic E-state index is 0.0691. The molecule has 0 aliphatic heterocycles. The Morgan fingerprint density at radius 3 is 2.25 bits per heavy atom. The smallest absolute Gasteiger partial charge is 0.239 e. The minimum atomic E-state index is 0.0691. The fraction of sp³-hybridized carbons (Fsp3) is 0.235. The van der Waals surface area contributed by atoms with Gasteiger partial charge in [-0.1, -0.05) is 42.5 Å². The predicted molar refractivity (Wildman–Crippen MR) is 81.5 cm³/mol. The van der Waals surface area contributed by atoms with Crippen LogP contribution in [0.4, 0.5) is 5.69 Å². The molecule has 0 saturated heterocycles. The van der Waals surface area contributed by atoms with E-state index in [-0.39, 0.29) is 5.91 Å². The zero-order valence-electron chi connectivity index (χ0n) is 11.3. The van der Waals surface area contributed by atoms with Gasteiger partial charge in [0.2, 0.25) is 5.91 Å². The molecule has 0 atom stereocenters. The molecule has 0 aromatic heterocycles. The lowest BCUT2D eigenvalue weighted by Gasteiger charge is -2.08. The summed E-state index contributed by atoms with van der Waals surface area (Å²) >= 11 is 0. The third-order valence-electron chi connectivity index (χ3n) is 3.39. The van der Waals surface area contributed by atoms with Crippen LogP contribution >= 0.6 is 0 Å². The topological polar surface area (TPSA) is 41.1 Å². The van der Waals surface area contributed by atoms with Gasteiger partial charge < -0.3 is 10.6 Å². The first-order chi connectivity index (χ1) is 9.81. The quantitative estimate of drug-likeness (QED) is 0.873. The largest absolute Gasteiger partial charge is 0.376 e. The van der Waals surface area contributed by atoms with Gasteiger partial charge in [0, 0.05) is 11.7 Å². The normalized spacial score (nSPS) is 13.8. The Morgan fingerprint density at radius 2 is 1.60 bits per heavy atom. The summed E-state index contributed by atoms with van der Waals surface area (Å²) in [5.74, 6) is 0.0691. The fourth-order valence-electron chi connectivity index (χ4n) is 2.10. The maximum absolute atomic E-state index is 11.6. The first-order valence-corrected chi connectivity index (χ1v) is 7.00. The molecule has 102 valence electrons. The SMILES string of the molecule is O=C(CNc1ccc(-c2ccccc2)cc1)NC1CC1. The maximum atomic E-state index is 11.6. The van der Waals surface area contributed by atoms with E-state index in [0.717, 1.165) is 18.5 Å². The minimum Gasteiger partial charge on any atom is -0.376 e. The van der Waals surface area contributed by atoms with Crippen molar-refractivity contribution in [2.45, 2.75) is 18.9 Å². The molecule has 1 amide bonds. The van der Waals surface area contributed by atoms with E-state index in [9.17, 15) is 4.79 Å². The number of nitrogens with one attached hydrogen (secondary N) is 2. The van der Waals surface area contributed by atoms with E-state index in [1.807, 2.05) is 30.3 Å². The second kappa shape index (κ2) is 5.78. The number of anilines is 1. The molecule has 3 nitrogen and oxygen atoms in total. The molecule has 1 fully saturated rings. The molecule has 3 rings (SSSR count). The second-order valence-corrected chi connectivity index (χ2v) is 5.14. The van der Waals surface area contributed by atoms with Gasteiger partial charge in [-0.2, -0.15) is 0 Å². The summed E-state index contributed by atoms with van der Waals surface area (Å²) in [6, 6.07) is 18.8. The molecule has 2 aromatic rings. The van der Waals surface area contributed by atoms with Crippen LogP contribution in [-0.2, 0) is 4.79 Å². The van der Waals surface area contributed by atoms with Crippen molar-refractivity contribution in [2.24, 2.45) is 0 Å². The first-order valence-electron chi connectivity index (χ1n) is 7.00. The second-order valence-electron chi connectivity index (χ2n) is 5.14. The lowest BCUT2D eigenvalue weighted by molar-refractivity contribution is -0.119. The van der Waals surface area contributed by atoms with Gasteiger partial charge in [-0.25, -0.2) is 0 Å². The molecule has 20 heavy (non-hydrogen) atoms. The molecule has 0 radical (unpaired) electrons. The van der Waals surface area contributed by atoms with Crippen LogP contribution in [0, 0.1) is 0 Å². The Morgan fingerprint density at radius 1 is 0.950 bits per heavy atom. The summed E-state index contributed by atoms with van der Waals surface area (Å²) < 4.78 is 0. The standard InChI is InChI=1S/C17H18N2O/c20-17(19-16-10-11-16)12-18-15-8-6-14(7-9-15)13-4-2-1-3-5-13/h1-9,16,18H,10-12H2,(H,19,20). The monoisotopic (exact) mass is 266 g/mol. The molecule has 0 bridgehead atoms. The molecule has 1 saturated carbocycles. The zero-order valence-corrected chi connectivity index (χ0v) is 11.3. The molecular weight excluding hydrogens is 248 g/mol. The first kappa shape index (κ1) is 12.7. The number of carbonyl (C=O) groups excluding carboxylic acids is 1. The molecule has 2 aromatic carbocycles. The van der Waals surface area contributed by atoms with Gasteiger partial charge in [-0.15, -0.1) is 0 Å². The van der Waals surface area contributed by atoms with Gasteiger partial charge in [-0.05, 0) is 36.1 Å². The van der Waals surface area contributed by atoms with E-state index >= 15 is 0 Å². The number of rotatable bonds is 5. The van der Waals surface area contributed by atoms with Crippen LogP contribution in [-0.4, -0.2) is 18.5 Å². The molecule has 0 unspecified atom stereocenters. The third kappa shape index (κ3) is 3.38. The van der Waals surface area contributed by atoms with Crippen molar-refractivity contribution in [1.82, 2.24) is 5.32 Å². The number of hydrogen-bond donors (Lipinski definition) is 2. The van der Waals surface area contributed by atoms with Crippen molar-refractivity contribution in [3.05, 3.63) is 54.6 Å². The van der Waals surface area contributed by atoms with Gasteiger partial charge in [0.15, 0.2) is 0 Å². The lowest BCUT2D eigenvalue weighted by atomic mass is 10.1. The van der Waals surface area contributed by atoms with Crippen molar-refractivity contribution in [1.29, 1.82) is 0 Å². The Kier molecular flexibility index (Phi) is 3.68. The number of benzene rings is 2. The number of carbonyl (C=O) groups is 1. The molecule has 3 heteroatoms. The summed E-state index contributed by atoms with van der Waals surface area (Å²) in [4.78, 5) is 11.6.